The van der Waals surface area contributed by atoms with Crippen molar-refractivity contribution in [2.75, 3.05) is 31.6 Å². The molecule has 1 aliphatic rings. The molecule has 0 bridgehead atoms. The summed E-state index contributed by atoms with van der Waals surface area (Å²) in [5.41, 5.74) is 2.29. The fourth-order valence-corrected chi connectivity index (χ4v) is 4.23. The number of nitrogens with zero attached hydrogens (tertiary/aromatic N) is 1. The van der Waals surface area contributed by atoms with Gasteiger partial charge in [-0.25, -0.2) is 4.79 Å². The molecular weight excluding hydrogens is 504 g/mol. The molecule has 3 N–H and O–H groups in total. The first-order chi connectivity index (χ1) is 18.3. The van der Waals surface area contributed by atoms with E-state index in [2.05, 4.69) is 22.5 Å². The van der Waals surface area contributed by atoms with Crippen molar-refractivity contribution < 1.29 is 23.9 Å². The van der Waals surface area contributed by atoms with E-state index in [4.69, 9.17) is 17.0 Å². The molecule has 0 unspecified atom stereocenters. The minimum Gasteiger partial charge on any atom is -0.460 e. The van der Waals surface area contributed by atoms with Crippen LogP contribution in [0, 0.1) is 0 Å². The molecule has 0 aromatic heterocycles. The lowest BCUT2D eigenvalue weighted by Gasteiger charge is -2.27. The Kier molecular flexibility index (Phi) is 8.12. The number of thiocarbonyl (C=S) groups is 1. The van der Waals surface area contributed by atoms with Gasteiger partial charge in [-0.15, -0.1) is 0 Å². The van der Waals surface area contributed by atoms with Crippen molar-refractivity contribution in [3.05, 3.63) is 89.5 Å². The zero-order valence-corrected chi connectivity index (χ0v) is 21.5. The Morgan fingerprint density at radius 2 is 1.66 bits per heavy atom. The number of benzene rings is 3. The Morgan fingerprint density at radius 3 is 2.37 bits per heavy atom. The van der Waals surface area contributed by atoms with Gasteiger partial charge < -0.3 is 15.4 Å². The number of imide groups is 1. The Labute approximate surface area is 224 Å². The van der Waals surface area contributed by atoms with E-state index in [9.17, 15) is 19.2 Å². The molecule has 1 heterocycles. The third-order valence-corrected chi connectivity index (χ3v) is 6.12. The van der Waals surface area contributed by atoms with Crippen molar-refractivity contribution >= 4 is 57.5 Å². The van der Waals surface area contributed by atoms with E-state index in [1.54, 1.807) is 48.5 Å². The summed E-state index contributed by atoms with van der Waals surface area (Å²) in [4.78, 5) is 51.2. The molecule has 3 amide bonds. The van der Waals surface area contributed by atoms with Gasteiger partial charge in [-0.1, -0.05) is 36.9 Å². The van der Waals surface area contributed by atoms with Crippen LogP contribution in [0.4, 0.5) is 5.69 Å². The van der Waals surface area contributed by atoms with Gasteiger partial charge in [0.1, 0.15) is 6.61 Å². The SMILES string of the molecule is C=C(C)C(=O)OCCN1C(=O)c2cccc3c(NCCNC(=S)NC(=O)c4ccccc4)ccc(c23)C1=O. The van der Waals surface area contributed by atoms with E-state index < -0.39 is 17.8 Å². The maximum Gasteiger partial charge on any atom is 0.333 e. The van der Waals surface area contributed by atoms with Crippen molar-refractivity contribution in [3.8, 4) is 0 Å². The Hall–Kier alpha value is -4.57. The Bertz CT molecular complexity index is 1430. The van der Waals surface area contributed by atoms with E-state index in [0.29, 0.717) is 35.2 Å². The summed E-state index contributed by atoms with van der Waals surface area (Å²) in [6, 6.07) is 17.5. The van der Waals surface area contributed by atoms with Crippen molar-refractivity contribution in [2.45, 2.75) is 6.92 Å². The lowest BCUT2D eigenvalue weighted by Crippen LogP contribution is -2.42. The number of amides is 3. The summed E-state index contributed by atoms with van der Waals surface area (Å²) in [7, 11) is 0. The van der Waals surface area contributed by atoms with E-state index >= 15 is 0 Å². The number of carbonyl (C=O) groups excluding carboxylic acids is 4. The quantitative estimate of drug-likeness (QED) is 0.127. The first-order valence-electron chi connectivity index (χ1n) is 11.9. The highest BCUT2D eigenvalue weighted by Crippen LogP contribution is 2.34. The van der Waals surface area contributed by atoms with Crippen molar-refractivity contribution in [2.24, 2.45) is 0 Å². The largest absolute Gasteiger partial charge is 0.460 e. The highest BCUT2D eigenvalue weighted by atomic mass is 32.1. The van der Waals surface area contributed by atoms with Gasteiger partial charge in [-0.2, -0.15) is 0 Å². The predicted molar refractivity (Wildman–Crippen MR) is 148 cm³/mol. The fraction of sp³-hybridized carbons (Fsp3) is 0.179. The van der Waals surface area contributed by atoms with Crippen LogP contribution in [0.5, 0.6) is 0 Å². The van der Waals surface area contributed by atoms with E-state index in [1.165, 1.54) is 6.92 Å². The first kappa shape index (κ1) is 26.5. The van der Waals surface area contributed by atoms with Gasteiger partial charge in [-0.3, -0.25) is 24.6 Å². The minimum atomic E-state index is -0.575. The molecule has 194 valence electrons. The number of nitrogens with one attached hydrogen (secondary N) is 3. The molecule has 0 radical (unpaired) electrons. The van der Waals surface area contributed by atoms with Gasteiger partial charge in [0, 0.05) is 51.8 Å². The van der Waals surface area contributed by atoms with Crippen LogP contribution in [0.2, 0.25) is 0 Å². The first-order valence-corrected chi connectivity index (χ1v) is 12.3. The number of esters is 1. The van der Waals surface area contributed by atoms with Crippen LogP contribution in [-0.2, 0) is 9.53 Å². The molecule has 0 aliphatic carbocycles. The van der Waals surface area contributed by atoms with Gasteiger partial charge in [0.05, 0.1) is 6.54 Å². The van der Waals surface area contributed by atoms with Gasteiger partial charge >= 0.3 is 5.97 Å². The normalized spacial score (nSPS) is 12.2. The Morgan fingerprint density at radius 1 is 0.947 bits per heavy atom. The maximum atomic E-state index is 13.1. The average Bonchev–Trinajstić information content (AvgIpc) is 2.92. The van der Waals surface area contributed by atoms with Crippen LogP contribution >= 0.6 is 12.2 Å². The summed E-state index contributed by atoms with van der Waals surface area (Å²) < 4.78 is 5.07. The van der Waals surface area contributed by atoms with Crippen LogP contribution in [-0.4, -0.2) is 59.9 Å². The third-order valence-electron chi connectivity index (χ3n) is 5.88. The van der Waals surface area contributed by atoms with Crippen LogP contribution in [0.3, 0.4) is 0 Å². The predicted octanol–water partition coefficient (Wildman–Crippen LogP) is 3.27. The minimum absolute atomic E-state index is 0.0566. The van der Waals surface area contributed by atoms with Gasteiger partial charge in [0.25, 0.3) is 17.7 Å². The third kappa shape index (κ3) is 5.70. The zero-order valence-electron chi connectivity index (χ0n) is 20.7. The van der Waals surface area contributed by atoms with E-state index in [-0.39, 0.29) is 29.7 Å². The number of hydrogen-bond acceptors (Lipinski definition) is 7. The molecule has 3 aromatic carbocycles. The monoisotopic (exact) mass is 530 g/mol. The molecule has 4 rings (SSSR count). The number of anilines is 1. The molecule has 10 heteroatoms. The number of hydrogen-bond donors (Lipinski definition) is 3. The second-order valence-corrected chi connectivity index (χ2v) is 8.98. The highest BCUT2D eigenvalue weighted by molar-refractivity contribution is 7.80. The molecular formula is C28H26N4O5S. The van der Waals surface area contributed by atoms with E-state index in [1.807, 2.05) is 12.1 Å². The maximum absolute atomic E-state index is 13.1. The molecule has 0 atom stereocenters. The van der Waals surface area contributed by atoms with Gasteiger partial charge in [0.15, 0.2) is 5.11 Å². The van der Waals surface area contributed by atoms with Crippen LogP contribution in [0.1, 0.15) is 38.0 Å². The molecule has 0 saturated heterocycles. The van der Waals surface area contributed by atoms with Gasteiger partial charge in [0.2, 0.25) is 0 Å². The number of carbonyl (C=O) groups is 4. The summed E-state index contributed by atoms with van der Waals surface area (Å²) in [5.74, 6) is -1.76. The summed E-state index contributed by atoms with van der Waals surface area (Å²) >= 11 is 5.21. The summed E-state index contributed by atoms with van der Waals surface area (Å²) in [6.45, 7) is 5.75. The molecule has 9 nitrogen and oxygen atoms in total. The summed E-state index contributed by atoms with van der Waals surface area (Å²) in [5, 5.41) is 10.4. The molecule has 0 saturated carbocycles. The zero-order chi connectivity index (χ0) is 27.2. The molecule has 3 aromatic rings. The fourth-order valence-electron chi connectivity index (χ4n) is 4.04. The highest BCUT2D eigenvalue weighted by Gasteiger charge is 2.33. The van der Waals surface area contributed by atoms with Crippen molar-refractivity contribution in [1.82, 2.24) is 15.5 Å². The average molecular weight is 531 g/mol. The number of rotatable bonds is 9. The second kappa shape index (κ2) is 11.7. The second-order valence-electron chi connectivity index (χ2n) is 8.57. The van der Waals surface area contributed by atoms with Crippen LogP contribution in [0.25, 0.3) is 10.8 Å². The van der Waals surface area contributed by atoms with Crippen LogP contribution in [0.15, 0.2) is 72.8 Å². The smallest absolute Gasteiger partial charge is 0.333 e. The molecule has 0 fully saturated rings. The standard InChI is InChI=1S/C28H26N4O5S/c1-17(2)27(36)37-16-15-32-25(34)20-10-6-9-19-22(12-11-21(23(19)20)26(32)35)29-13-14-30-28(38)31-24(33)18-7-4-3-5-8-18/h3-12,29H,1,13-16H2,2H3,(H2,30,31,33,38). The summed E-state index contributed by atoms with van der Waals surface area (Å²) in [6.07, 6.45) is 0. The lowest BCUT2D eigenvalue weighted by molar-refractivity contribution is -0.139. The van der Waals surface area contributed by atoms with E-state index in [0.717, 1.165) is 16.0 Å². The molecule has 0 spiro atoms. The number of ether oxygens (including phenoxy) is 1. The van der Waals surface area contributed by atoms with Gasteiger partial charge in [-0.05, 0) is 49.5 Å². The van der Waals surface area contributed by atoms with Crippen molar-refractivity contribution in [1.29, 1.82) is 0 Å². The molecule has 1 aliphatic heterocycles. The van der Waals surface area contributed by atoms with Crippen molar-refractivity contribution in [3.63, 3.8) is 0 Å². The lowest BCUT2D eigenvalue weighted by atomic mass is 9.93. The topological polar surface area (TPSA) is 117 Å². The van der Waals surface area contributed by atoms with Crippen LogP contribution < -0.4 is 16.0 Å². The molecule has 38 heavy (non-hydrogen) atoms. The Balaban J connectivity index is 1.39.